The minimum absolute atomic E-state index is 0.0677. The number of rotatable bonds is 5. The van der Waals surface area contributed by atoms with Gasteiger partial charge in [0.05, 0.1) is 31.6 Å². The highest BCUT2D eigenvalue weighted by Gasteiger charge is 2.67. The first-order chi connectivity index (χ1) is 14.1. The third-order valence-corrected chi connectivity index (χ3v) is 6.10. The number of nitrogens with one attached hydrogen (secondary N) is 1. The Kier molecular flexibility index (Phi) is 4.17. The molecule has 2 aromatic carbocycles. The van der Waals surface area contributed by atoms with Crippen molar-refractivity contribution in [3.05, 3.63) is 72.3 Å². The summed E-state index contributed by atoms with van der Waals surface area (Å²) in [5.41, 5.74) is 1.08. The fourth-order valence-electron chi connectivity index (χ4n) is 4.68. The zero-order chi connectivity index (χ0) is 20.0. The summed E-state index contributed by atoms with van der Waals surface area (Å²) in [7, 11) is 1.61. The van der Waals surface area contributed by atoms with Crippen LogP contribution in [0.3, 0.4) is 0 Å². The Balaban J connectivity index is 1.37. The maximum absolute atomic E-state index is 13.3. The highest BCUT2D eigenvalue weighted by Crippen LogP contribution is 2.52. The van der Waals surface area contributed by atoms with E-state index in [4.69, 9.17) is 9.47 Å². The van der Waals surface area contributed by atoms with E-state index in [1.807, 2.05) is 66.7 Å². The molecule has 3 aliphatic heterocycles. The second-order valence-electron chi connectivity index (χ2n) is 7.73. The molecule has 0 aromatic heterocycles. The predicted octanol–water partition coefficient (Wildman–Crippen LogP) is 2.30. The average molecular weight is 390 g/mol. The third-order valence-electron chi connectivity index (χ3n) is 6.10. The minimum atomic E-state index is -0.726. The number of anilines is 1. The van der Waals surface area contributed by atoms with E-state index < -0.39 is 17.4 Å². The quantitative estimate of drug-likeness (QED) is 0.796. The van der Waals surface area contributed by atoms with Crippen molar-refractivity contribution in [2.75, 3.05) is 18.6 Å². The summed E-state index contributed by atoms with van der Waals surface area (Å²) in [5.74, 6) is -0.495. The molecule has 0 radical (unpaired) electrons. The largest absolute Gasteiger partial charge is 0.497 e. The molecule has 3 aliphatic rings. The van der Waals surface area contributed by atoms with Crippen molar-refractivity contribution in [1.29, 1.82) is 0 Å². The number of carbonyl (C=O) groups excluding carboxylic acids is 2. The van der Waals surface area contributed by atoms with Gasteiger partial charge in [0.2, 0.25) is 11.8 Å². The van der Waals surface area contributed by atoms with Crippen LogP contribution in [0.5, 0.6) is 5.75 Å². The summed E-state index contributed by atoms with van der Waals surface area (Å²) in [6, 6.07) is 17.1. The number of hydrogen-bond donors (Lipinski definition) is 1. The van der Waals surface area contributed by atoms with Crippen LogP contribution >= 0.6 is 0 Å². The van der Waals surface area contributed by atoms with E-state index in [0.29, 0.717) is 13.1 Å². The first-order valence-corrected chi connectivity index (χ1v) is 9.75. The Morgan fingerprint density at radius 3 is 2.69 bits per heavy atom. The zero-order valence-corrected chi connectivity index (χ0v) is 16.1. The fourth-order valence-corrected chi connectivity index (χ4v) is 4.68. The van der Waals surface area contributed by atoms with E-state index in [0.717, 1.165) is 17.0 Å². The van der Waals surface area contributed by atoms with Crippen molar-refractivity contribution in [1.82, 2.24) is 5.32 Å². The summed E-state index contributed by atoms with van der Waals surface area (Å²) >= 11 is 0. The number of ether oxygens (including phenoxy) is 2. The number of carbonyl (C=O) groups is 2. The lowest BCUT2D eigenvalue weighted by atomic mass is 9.77. The molecule has 1 spiro atoms. The molecule has 0 aliphatic carbocycles. The second kappa shape index (κ2) is 6.74. The van der Waals surface area contributed by atoms with Crippen molar-refractivity contribution < 1.29 is 19.1 Å². The van der Waals surface area contributed by atoms with Gasteiger partial charge in [-0.05, 0) is 29.8 Å². The van der Waals surface area contributed by atoms with Gasteiger partial charge < -0.3 is 19.7 Å². The molecule has 3 heterocycles. The van der Waals surface area contributed by atoms with Crippen LogP contribution < -0.4 is 15.0 Å². The lowest BCUT2D eigenvalue weighted by molar-refractivity contribution is -0.132. The van der Waals surface area contributed by atoms with Gasteiger partial charge in [-0.2, -0.15) is 0 Å². The lowest BCUT2D eigenvalue weighted by Gasteiger charge is -2.23. The van der Waals surface area contributed by atoms with Crippen LogP contribution in [-0.4, -0.2) is 37.2 Å². The standard InChI is InChI=1S/C23H22N2O4/c1-28-17-9-7-16(8-10-17)25-14-23-12-11-18(29-23)19(20(23)22(25)27)21(26)24-13-15-5-3-2-4-6-15/h2-12,18-20H,13-14H2,1H3,(H,24,26). The Bertz CT molecular complexity index is 972. The average Bonchev–Trinajstić information content (AvgIpc) is 3.41. The molecule has 29 heavy (non-hydrogen) atoms. The smallest absolute Gasteiger partial charge is 0.234 e. The van der Waals surface area contributed by atoms with E-state index >= 15 is 0 Å². The lowest BCUT2D eigenvalue weighted by Crippen LogP contribution is -2.43. The van der Waals surface area contributed by atoms with E-state index in [1.54, 1.807) is 12.0 Å². The van der Waals surface area contributed by atoms with Crippen molar-refractivity contribution in [3.63, 3.8) is 0 Å². The number of amides is 2. The summed E-state index contributed by atoms with van der Waals surface area (Å²) in [6.45, 7) is 0.848. The number of fused-ring (bicyclic) bond motifs is 1. The van der Waals surface area contributed by atoms with Gasteiger partial charge in [-0.15, -0.1) is 0 Å². The van der Waals surface area contributed by atoms with Crippen molar-refractivity contribution in [3.8, 4) is 5.75 Å². The van der Waals surface area contributed by atoms with Gasteiger partial charge >= 0.3 is 0 Å². The first kappa shape index (κ1) is 17.9. The van der Waals surface area contributed by atoms with Gasteiger partial charge in [0, 0.05) is 12.2 Å². The van der Waals surface area contributed by atoms with Gasteiger partial charge in [0.25, 0.3) is 0 Å². The molecule has 2 aromatic rings. The maximum atomic E-state index is 13.3. The SMILES string of the molecule is COc1ccc(N2CC34C=CC(O3)C(C(=O)NCc3ccccc3)C4C2=O)cc1. The van der Waals surface area contributed by atoms with Crippen LogP contribution in [0.1, 0.15) is 5.56 Å². The van der Waals surface area contributed by atoms with E-state index in [2.05, 4.69) is 5.32 Å². The number of nitrogens with zero attached hydrogens (tertiary/aromatic N) is 1. The maximum Gasteiger partial charge on any atom is 0.234 e. The molecule has 5 rings (SSSR count). The molecule has 2 saturated heterocycles. The van der Waals surface area contributed by atoms with Gasteiger partial charge in [0.1, 0.15) is 11.4 Å². The zero-order valence-electron chi connectivity index (χ0n) is 16.1. The third kappa shape index (κ3) is 2.83. The molecule has 4 atom stereocenters. The monoisotopic (exact) mass is 390 g/mol. The van der Waals surface area contributed by atoms with Crippen LogP contribution in [0, 0.1) is 11.8 Å². The number of benzene rings is 2. The van der Waals surface area contributed by atoms with Crippen LogP contribution in [0.2, 0.25) is 0 Å². The molecule has 6 nitrogen and oxygen atoms in total. The molecule has 148 valence electrons. The van der Waals surface area contributed by atoms with E-state index in [-0.39, 0.29) is 17.9 Å². The van der Waals surface area contributed by atoms with Crippen LogP contribution in [0.15, 0.2) is 66.7 Å². The van der Waals surface area contributed by atoms with Crippen molar-refractivity contribution >= 4 is 17.5 Å². The van der Waals surface area contributed by atoms with Crippen LogP contribution in [0.25, 0.3) is 0 Å². The van der Waals surface area contributed by atoms with E-state index in [1.165, 1.54) is 0 Å². The molecule has 2 fully saturated rings. The summed E-state index contributed by atoms with van der Waals surface area (Å²) < 4.78 is 11.4. The molecular weight excluding hydrogens is 368 g/mol. The Morgan fingerprint density at radius 1 is 1.21 bits per heavy atom. The Hall–Kier alpha value is -3.12. The Labute approximate surface area is 169 Å². The summed E-state index contributed by atoms with van der Waals surface area (Å²) in [6.07, 6.45) is 3.54. The van der Waals surface area contributed by atoms with Crippen molar-refractivity contribution in [2.45, 2.75) is 18.2 Å². The highest BCUT2D eigenvalue weighted by molar-refractivity contribution is 6.03. The molecule has 2 amide bonds. The van der Waals surface area contributed by atoms with Gasteiger partial charge in [-0.25, -0.2) is 0 Å². The Morgan fingerprint density at radius 2 is 1.97 bits per heavy atom. The molecule has 2 bridgehead atoms. The van der Waals surface area contributed by atoms with Gasteiger partial charge in [0.15, 0.2) is 0 Å². The second-order valence-corrected chi connectivity index (χ2v) is 7.73. The fraction of sp³-hybridized carbons (Fsp3) is 0.304. The van der Waals surface area contributed by atoms with Crippen molar-refractivity contribution in [2.24, 2.45) is 11.8 Å². The number of methoxy groups -OCH3 is 1. The molecular formula is C23H22N2O4. The number of hydrogen-bond acceptors (Lipinski definition) is 4. The summed E-state index contributed by atoms with van der Waals surface area (Å²) in [4.78, 5) is 28.0. The van der Waals surface area contributed by atoms with Crippen LogP contribution in [0.4, 0.5) is 5.69 Å². The first-order valence-electron chi connectivity index (χ1n) is 9.75. The van der Waals surface area contributed by atoms with E-state index in [9.17, 15) is 9.59 Å². The molecule has 6 heteroatoms. The topological polar surface area (TPSA) is 67.9 Å². The predicted molar refractivity (Wildman–Crippen MR) is 107 cm³/mol. The normalized spacial score (nSPS) is 29.2. The minimum Gasteiger partial charge on any atom is -0.497 e. The molecule has 4 unspecified atom stereocenters. The highest BCUT2D eigenvalue weighted by atomic mass is 16.5. The van der Waals surface area contributed by atoms with Gasteiger partial charge in [-0.3, -0.25) is 9.59 Å². The van der Waals surface area contributed by atoms with Gasteiger partial charge in [-0.1, -0.05) is 42.5 Å². The summed E-state index contributed by atoms with van der Waals surface area (Å²) in [5, 5.41) is 2.99. The van der Waals surface area contributed by atoms with Crippen LogP contribution in [-0.2, 0) is 20.9 Å². The molecule has 1 N–H and O–H groups in total. The molecule has 0 saturated carbocycles.